The minimum Gasteiger partial charge on any atom is -0.468 e. The fraction of sp³-hybridized carbons (Fsp3) is 0.533. The number of thioether (sulfide) groups is 1. The van der Waals surface area contributed by atoms with E-state index < -0.39 is 0 Å². The van der Waals surface area contributed by atoms with Crippen LogP contribution in [0, 0.1) is 0 Å². The number of nitrogens with one attached hydrogen (secondary N) is 1. The Labute approximate surface area is 125 Å². The van der Waals surface area contributed by atoms with E-state index in [1.165, 1.54) is 12.7 Å². The fourth-order valence-corrected chi connectivity index (χ4v) is 2.44. The smallest absolute Gasteiger partial charge is 0.322 e. The summed E-state index contributed by atoms with van der Waals surface area (Å²) in [4.78, 5) is 11.7. The number of rotatable bonds is 9. The number of nitrogens with two attached hydrogens (primary N) is 1. The highest BCUT2D eigenvalue weighted by Crippen LogP contribution is 2.04. The highest BCUT2D eigenvalue weighted by molar-refractivity contribution is 7.98. The Morgan fingerprint density at radius 2 is 2.10 bits per heavy atom. The van der Waals surface area contributed by atoms with Crippen molar-refractivity contribution in [3.05, 3.63) is 35.9 Å². The third kappa shape index (κ3) is 6.41. The van der Waals surface area contributed by atoms with Gasteiger partial charge in [-0.15, -0.1) is 0 Å². The van der Waals surface area contributed by atoms with Crippen LogP contribution in [0.5, 0.6) is 0 Å². The van der Waals surface area contributed by atoms with E-state index in [2.05, 4.69) is 17.4 Å². The Bertz CT molecular complexity index is 387. The van der Waals surface area contributed by atoms with Crippen LogP contribution in [0.1, 0.15) is 12.0 Å². The lowest BCUT2D eigenvalue weighted by Gasteiger charge is -2.19. The summed E-state index contributed by atoms with van der Waals surface area (Å²) < 4.78 is 4.81. The normalized spacial score (nSPS) is 13.8. The van der Waals surface area contributed by atoms with Gasteiger partial charge in [0, 0.05) is 12.6 Å². The number of ether oxygens (including phenoxy) is 1. The van der Waals surface area contributed by atoms with Crippen molar-refractivity contribution in [3.8, 4) is 0 Å². The molecule has 1 aromatic rings. The lowest BCUT2D eigenvalue weighted by atomic mass is 10.1. The third-order valence-corrected chi connectivity index (χ3v) is 3.71. The summed E-state index contributed by atoms with van der Waals surface area (Å²) in [7, 11) is 1.42. The van der Waals surface area contributed by atoms with Gasteiger partial charge in [-0.1, -0.05) is 30.3 Å². The molecule has 0 saturated carbocycles. The van der Waals surface area contributed by atoms with Crippen LogP contribution < -0.4 is 11.1 Å². The van der Waals surface area contributed by atoms with Crippen molar-refractivity contribution in [1.29, 1.82) is 0 Å². The lowest BCUT2D eigenvalue weighted by molar-refractivity contribution is -0.143. The summed E-state index contributed by atoms with van der Waals surface area (Å²) in [5.74, 6) is 0.701. The van der Waals surface area contributed by atoms with E-state index >= 15 is 0 Å². The Kier molecular flexibility index (Phi) is 8.34. The van der Waals surface area contributed by atoms with Gasteiger partial charge in [0.25, 0.3) is 0 Å². The van der Waals surface area contributed by atoms with Crippen molar-refractivity contribution in [2.45, 2.75) is 24.9 Å². The summed E-state index contributed by atoms with van der Waals surface area (Å²) in [5, 5.41) is 3.21. The third-order valence-electron chi connectivity index (χ3n) is 3.06. The molecule has 0 aliphatic heterocycles. The van der Waals surface area contributed by atoms with Crippen molar-refractivity contribution in [1.82, 2.24) is 5.32 Å². The molecule has 2 atom stereocenters. The van der Waals surface area contributed by atoms with Crippen LogP contribution >= 0.6 is 11.8 Å². The summed E-state index contributed by atoms with van der Waals surface area (Å²) >= 11 is 1.72. The summed E-state index contributed by atoms with van der Waals surface area (Å²) in [5.41, 5.74) is 7.31. The first-order valence-electron chi connectivity index (χ1n) is 6.77. The molecule has 0 radical (unpaired) electrons. The molecule has 0 aromatic heterocycles. The number of carbonyl (C=O) groups is 1. The molecule has 0 amide bonds. The topological polar surface area (TPSA) is 64.3 Å². The molecule has 1 rings (SSSR count). The molecule has 0 spiro atoms. The number of benzene rings is 1. The Balaban J connectivity index is 2.39. The highest BCUT2D eigenvalue weighted by Gasteiger charge is 2.18. The first kappa shape index (κ1) is 17.0. The molecule has 0 aliphatic carbocycles. The van der Waals surface area contributed by atoms with E-state index in [1.54, 1.807) is 11.8 Å². The molecular weight excluding hydrogens is 272 g/mol. The Morgan fingerprint density at radius 1 is 1.40 bits per heavy atom. The molecule has 0 unspecified atom stereocenters. The quantitative estimate of drug-likeness (QED) is 0.675. The first-order chi connectivity index (χ1) is 9.67. The van der Waals surface area contributed by atoms with E-state index in [-0.39, 0.29) is 18.1 Å². The van der Waals surface area contributed by atoms with E-state index in [0.717, 1.165) is 18.6 Å². The number of esters is 1. The van der Waals surface area contributed by atoms with Crippen LogP contribution in [0.15, 0.2) is 30.3 Å². The number of carbonyl (C=O) groups excluding carboxylic acids is 1. The summed E-state index contributed by atoms with van der Waals surface area (Å²) in [6.45, 7) is 0.600. The molecule has 0 saturated heterocycles. The van der Waals surface area contributed by atoms with Gasteiger partial charge in [0.05, 0.1) is 7.11 Å². The largest absolute Gasteiger partial charge is 0.468 e. The second-order valence-corrected chi connectivity index (χ2v) is 5.70. The molecule has 4 nitrogen and oxygen atoms in total. The van der Waals surface area contributed by atoms with Crippen molar-refractivity contribution in [3.63, 3.8) is 0 Å². The Hall–Kier alpha value is -1.04. The van der Waals surface area contributed by atoms with Crippen molar-refractivity contribution in [2.24, 2.45) is 5.73 Å². The highest BCUT2D eigenvalue weighted by atomic mass is 32.2. The maximum atomic E-state index is 11.7. The van der Waals surface area contributed by atoms with Crippen LogP contribution in [0.2, 0.25) is 0 Å². The van der Waals surface area contributed by atoms with Gasteiger partial charge in [0.1, 0.15) is 6.04 Å². The monoisotopic (exact) mass is 296 g/mol. The number of methoxy groups -OCH3 is 1. The Morgan fingerprint density at radius 3 is 2.70 bits per heavy atom. The zero-order valence-electron chi connectivity index (χ0n) is 12.2. The molecule has 0 bridgehead atoms. The number of hydrogen-bond donors (Lipinski definition) is 2. The predicted molar refractivity (Wildman–Crippen MR) is 84.9 cm³/mol. The standard InChI is InChI=1S/C15H24N2O2S/c1-19-15(18)14(8-9-20-2)17-11-13(16)10-12-6-4-3-5-7-12/h3-7,13-14,17H,8-11,16H2,1-2H3/t13-,14-/m0/s1. The minimum atomic E-state index is -0.269. The van der Waals surface area contributed by atoms with E-state index in [1.807, 2.05) is 24.5 Å². The average molecular weight is 296 g/mol. The van der Waals surface area contributed by atoms with E-state index in [0.29, 0.717) is 6.54 Å². The maximum Gasteiger partial charge on any atom is 0.322 e. The van der Waals surface area contributed by atoms with Gasteiger partial charge in [0.15, 0.2) is 0 Å². The van der Waals surface area contributed by atoms with Crippen molar-refractivity contribution in [2.75, 3.05) is 25.7 Å². The first-order valence-corrected chi connectivity index (χ1v) is 8.16. The van der Waals surface area contributed by atoms with Gasteiger partial charge in [-0.05, 0) is 30.4 Å². The zero-order chi connectivity index (χ0) is 14.8. The van der Waals surface area contributed by atoms with Gasteiger partial charge in [-0.3, -0.25) is 4.79 Å². The van der Waals surface area contributed by atoms with Crippen molar-refractivity contribution >= 4 is 17.7 Å². The second-order valence-electron chi connectivity index (χ2n) is 4.72. The maximum absolute atomic E-state index is 11.7. The molecule has 0 aliphatic rings. The van der Waals surface area contributed by atoms with Crippen LogP contribution in [-0.2, 0) is 16.0 Å². The molecule has 0 heterocycles. The van der Waals surface area contributed by atoms with Gasteiger partial charge >= 0.3 is 5.97 Å². The molecule has 1 aromatic carbocycles. The number of hydrogen-bond acceptors (Lipinski definition) is 5. The zero-order valence-corrected chi connectivity index (χ0v) is 13.0. The SMILES string of the molecule is COC(=O)[C@H](CCSC)NC[C@@H](N)Cc1ccccc1. The van der Waals surface area contributed by atoms with Crippen LogP contribution in [0.4, 0.5) is 0 Å². The molecule has 112 valence electrons. The van der Waals surface area contributed by atoms with Crippen molar-refractivity contribution < 1.29 is 9.53 Å². The van der Waals surface area contributed by atoms with Crippen LogP contribution in [-0.4, -0.2) is 43.7 Å². The van der Waals surface area contributed by atoms with Gasteiger partial charge in [0.2, 0.25) is 0 Å². The molecule has 20 heavy (non-hydrogen) atoms. The average Bonchev–Trinajstić information content (AvgIpc) is 2.47. The van der Waals surface area contributed by atoms with Crippen LogP contribution in [0.25, 0.3) is 0 Å². The minimum absolute atomic E-state index is 0.0150. The predicted octanol–water partition coefficient (Wildman–Crippen LogP) is 1.44. The van der Waals surface area contributed by atoms with Crippen LogP contribution in [0.3, 0.4) is 0 Å². The lowest BCUT2D eigenvalue weighted by Crippen LogP contribution is -2.45. The fourth-order valence-electron chi connectivity index (χ4n) is 1.96. The summed E-state index contributed by atoms with van der Waals surface area (Å²) in [6.07, 6.45) is 3.58. The van der Waals surface area contributed by atoms with E-state index in [4.69, 9.17) is 10.5 Å². The second kappa shape index (κ2) is 9.80. The van der Waals surface area contributed by atoms with Gasteiger partial charge in [-0.2, -0.15) is 11.8 Å². The molecular formula is C15H24N2O2S. The van der Waals surface area contributed by atoms with Gasteiger partial charge < -0.3 is 15.8 Å². The van der Waals surface area contributed by atoms with Gasteiger partial charge in [-0.25, -0.2) is 0 Å². The molecule has 3 N–H and O–H groups in total. The molecule has 0 fully saturated rings. The van der Waals surface area contributed by atoms with E-state index in [9.17, 15) is 4.79 Å². The summed E-state index contributed by atoms with van der Waals surface area (Å²) in [6, 6.07) is 9.84. The molecule has 5 heteroatoms.